The second-order valence-corrected chi connectivity index (χ2v) is 2.40. The lowest BCUT2D eigenvalue weighted by Crippen LogP contribution is -1.97. The summed E-state index contributed by atoms with van der Waals surface area (Å²) >= 11 is 0. The zero-order valence-electron chi connectivity index (χ0n) is 4.92. The molecular formula is C6H10O2. The second-order valence-electron chi connectivity index (χ2n) is 2.40. The van der Waals surface area contributed by atoms with Crippen LogP contribution >= 0.6 is 0 Å². The third-order valence-electron chi connectivity index (χ3n) is 1.68. The molecule has 2 heteroatoms. The minimum atomic E-state index is 0.185. The molecule has 8 heavy (non-hydrogen) atoms. The number of aliphatic hydroxyl groups excluding tert-OH is 1. The molecule has 0 unspecified atom stereocenters. The Morgan fingerprint density at radius 1 is 1.88 bits per heavy atom. The average molecular weight is 114 g/mol. The highest BCUT2D eigenvalue weighted by atomic mass is 16.3. The molecule has 0 spiro atoms. The van der Waals surface area contributed by atoms with E-state index in [0.29, 0.717) is 5.92 Å². The number of aliphatic hydroxyl groups is 1. The van der Waals surface area contributed by atoms with Gasteiger partial charge in [-0.05, 0) is 19.3 Å². The van der Waals surface area contributed by atoms with Crippen LogP contribution in [-0.4, -0.2) is 17.5 Å². The molecule has 0 aliphatic heterocycles. The summed E-state index contributed by atoms with van der Waals surface area (Å²) in [7, 11) is 0. The molecule has 0 bridgehead atoms. The highest BCUT2D eigenvalue weighted by Gasteiger charge is 2.39. The summed E-state index contributed by atoms with van der Waals surface area (Å²) in [6.45, 7) is 1.77. The van der Waals surface area contributed by atoms with Gasteiger partial charge in [0, 0.05) is 12.5 Å². The molecule has 1 aliphatic rings. The molecule has 1 aliphatic carbocycles. The predicted octanol–water partition coefficient (Wildman–Crippen LogP) is 0.204. The van der Waals surface area contributed by atoms with Crippen LogP contribution in [0.4, 0.5) is 0 Å². The van der Waals surface area contributed by atoms with Crippen molar-refractivity contribution in [3.63, 3.8) is 0 Å². The number of carbonyl (C=O) groups excluding carboxylic acids is 1. The number of rotatable bonds is 2. The summed E-state index contributed by atoms with van der Waals surface area (Å²) in [4.78, 5) is 10.5. The molecule has 1 N–H and O–H groups in total. The smallest absolute Gasteiger partial charge is 0.133 e. The first-order valence-electron chi connectivity index (χ1n) is 2.87. The molecule has 0 heterocycles. The van der Waals surface area contributed by atoms with Gasteiger partial charge in [0.25, 0.3) is 0 Å². The fraction of sp³-hybridized carbons (Fsp3) is 0.833. The van der Waals surface area contributed by atoms with Crippen LogP contribution in [0.25, 0.3) is 0 Å². The van der Waals surface area contributed by atoms with Crippen LogP contribution in [0.15, 0.2) is 0 Å². The molecule has 0 amide bonds. The quantitative estimate of drug-likeness (QED) is 0.557. The Bertz CT molecular complexity index is 109. The van der Waals surface area contributed by atoms with Gasteiger partial charge in [-0.25, -0.2) is 0 Å². The molecule has 0 aromatic heterocycles. The number of carbonyl (C=O) groups is 1. The molecule has 0 saturated heterocycles. The Morgan fingerprint density at radius 2 is 2.50 bits per heavy atom. The SMILES string of the molecule is CC(=O)[C@H]1C[C@H]1CO. The summed E-state index contributed by atoms with van der Waals surface area (Å²) in [5.74, 6) is 0.719. The van der Waals surface area contributed by atoms with E-state index in [-0.39, 0.29) is 18.3 Å². The highest BCUT2D eigenvalue weighted by Crippen LogP contribution is 2.38. The topological polar surface area (TPSA) is 37.3 Å². The molecular weight excluding hydrogens is 104 g/mol. The first-order valence-corrected chi connectivity index (χ1v) is 2.87. The summed E-state index contributed by atoms with van der Waals surface area (Å²) in [6.07, 6.45) is 0.909. The number of Topliss-reactive ketones (excluding diaryl/α,β-unsaturated/α-hetero) is 1. The molecule has 1 rings (SSSR count). The molecule has 1 saturated carbocycles. The van der Waals surface area contributed by atoms with E-state index in [1.807, 2.05) is 0 Å². The Labute approximate surface area is 48.5 Å². The lowest BCUT2D eigenvalue weighted by molar-refractivity contribution is -0.118. The van der Waals surface area contributed by atoms with Crippen LogP contribution in [0.2, 0.25) is 0 Å². The van der Waals surface area contributed by atoms with E-state index >= 15 is 0 Å². The Kier molecular flexibility index (Phi) is 1.34. The Morgan fingerprint density at radius 3 is 2.62 bits per heavy atom. The fourth-order valence-electron chi connectivity index (χ4n) is 0.947. The van der Waals surface area contributed by atoms with Crippen LogP contribution in [0.1, 0.15) is 13.3 Å². The minimum Gasteiger partial charge on any atom is -0.396 e. The van der Waals surface area contributed by atoms with E-state index in [2.05, 4.69) is 0 Å². The van der Waals surface area contributed by atoms with Gasteiger partial charge in [0.2, 0.25) is 0 Å². The van der Waals surface area contributed by atoms with Gasteiger partial charge >= 0.3 is 0 Å². The standard InChI is InChI=1S/C6H10O2/c1-4(8)6-2-5(6)3-7/h5-7H,2-3H2,1H3/t5-,6+/m0/s1. The lowest BCUT2D eigenvalue weighted by atomic mass is 10.2. The fourth-order valence-corrected chi connectivity index (χ4v) is 0.947. The summed E-state index contributed by atoms with van der Waals surface area (Å²) in [5, 5.41) is 8.47. The van der Waals surface area contributed by atoms with Crippen molar-refractivity contribution in [2.75, 3.05) is 6.61 Å². The van der Waals surface area contributed by atoms with Crippen molar-refractivity contribution in [2.24, 2.45) is 11.8 Å². The van der Waals surface area contributed by atoms with E-state index in [9.17, 15) is 4.79 Å². The number of ketones is 1. The monoisotopic (exact) mass is 114 g/mol. The molecule has 0 radical (unpaired) electrons. The van der Waals surface area contributed by atoms with Crippen LogP contribution < -0.4 is 0 Å². The largest absolute Gasteiger partial charge is 0.396 e. The normalized spacial score (nSPS) is 34.8. The van der Waals surface area contributed by atoms with Crippen LogP contribution in [-0.2, 0) is 4.79 Å². The van der Waals surface area contributed by atoms with Gasteiger partial charge < -0.3 is 5.11 Å². The summed E-state index contributed by atoms with van der Waals surface area (Å²) < 4.78 is 0. The van der Waals surface area contributed by atoms with Crippen molar-refractivity contribution in [3.05, 3.63) is 0 Å². The first kappa shape index (κ1) is 5.76. The number of hydrogen-bond donors (Lipinski definition) is 1. The highest BCUT2D eigenvalue weighted by molar-refractivity contribution is 5.81. The molecule has 2 nitrogen and oxygen atoms in total. The van der Waals surface area contributed by atoms with Crippen molar-refractivity contribution in [3.8, 4) is 0 Å². The average Bonchev–Trinajstić information content (AvgIpc) is 2.42. The van der Waals surface area contributed by atoms with E-state index in [4.69, 9.17) is 5.11 Å². The van der Waals surface area contributed by atoms with Crippen LogP contribution in [0.3, 0.4) is 0 Å². The summed E-state index contributed by atoms with van der Waals surface area (Å²) in [5.41, 5.74) is 0. The van der Waals surface area contributed by atoms with E-state index in [1.54, 1.807) is 6.92 Å². The van der Waals surface area contributed by atoms with E-state index in [1.165, 1.54) is 0 Å². The van der Waals surface area contributed by atoms with Crippen molar-refractivity contribution in [1.29, 1.82) is 0 Å². The van der Waals surface area contributed by atoms with Crippen LogP contribution in [0.5, 0.6) is 0 Å². The maximum absolute atomic E-state index is 10.5. The van der Waals surface area contributed by atoms with Gasteiger partial charge in [-0.15, -0.1) is 0 Å². The molecule has 1 fully saturated rings. The van der Waals surface area contributed by atoms with Gasteiger partial charge in [-0.3, -0.25) is 4.79 Å². The minimum absolute atomic E-state index is 0.185. The lowest BCUT2D eigenvalue weighted by Gasteiger charge is -1.85. The van der Waals surface area contributed by atoms with Crippen molar-refractivity contribution >= 4 is 5.78 Å². The molecule has 46 valence electrons. The third kappa shape index (κ3) is 0.892. The van der Waals surface area contributed by atoms with Gasteiger partial charge in [-0.1, -0.05) is 0 Å². The zero-order chi connectivity index (χ0) is 6.15. The second kappa shape index (κ2) is 1.86. The zero-order valence-corrected chi connectivity index (χ0v) is 4.92. The van der Waals surface area contributed by atoms with Crippen molar-refractivity contribution < 1.29 is 9.90 Å². The summed E-state index contributed by atoms with van der Waals surface area (Å²) in [6, 6.07) is 0. The Hall–Kier alpha value is -0.370. The number of hydrogen-bond acceptors (Lipinski definition) is 2. The third-order valence-corrected chi connectivity index (χ3v) is 1.68. The van der Waals surface area contributed by atoms with Gasteiger partial charge in [0.15, 0.2) is 0 Å². The molecule has 0 aromatic carbocycles. The predicted molar refractivity (Wildman–Crippen MR) is 29.4 cm³/mol. The van der Waals surface area contributed by atoms with Gasteiger partial charge in [0.05, 0.1) is 0 Å². The van der Waals surface area contributed by atoms with Gasteiger partial charge in [0.1, 0.15) is 5.78 Å². The van der Waals surface area contributed by atoms with E-state index < -0.39 is 0 Å². The van der Waals surface area contributed by atoms with Crippen molar-refractivity contribution in [2.45, 2.75) is 13.3 Å². The Balaban J connectivity index is 2.26. The maximum Gasteiger partial charge on any atom is 0.133 e. The van der Waals surface area contributed by atoms with Crippen molar-refractivity contribution in [1.82, 2.24) is 0 Å². The van der Waals surface area contributed by atoms with Crippen LogP contribution in [0, 0.1) is 11.8 Å². The van der Waals surface area contributed by atoms with E-state index in [0.717, 1.165) is 6.42 Å². The first-order chi connectivity index (χ1) is 3.75. The molecule has 2 atom stereocenters. The van der Waals surface area contributed by atoms with Gasteiger partial charge in [-0.2, -0.15) is 0 Å². The maximum atomic E-state index is 10.5. The molecule has 0 aromatic rings.